The molecule has 1 aliphatic rings. The molecule has 0 aromatic carbocycles. The molecule has 1 fully saturated rings. The molecule has 0 spiro atoms. The van der Waals surface area contributed by atoms with E-state index >= 15 is 0 Å². The number of carbonyl (C=O) groups excluding carboxylic acids is 1. The predicted molar refractivity (Wildman–Crippen MR) is 85.6 cm³/mol. The zero-order chi connectivity index (χ0) is 15.0. The Kier molecular flexibility index (Phi) is 7.43. The normalized spacial score (nSPS) is 22.5. The maximum atomic E-state index is 12.6. The quantitative estimate of drug-likeness (QED) is 0.739. The molecule has 0 radical (unpaired) electrons. The van der Waals surface area contributed by atoms with Crippen molar-refractivity contribution in [1.82, 2.24) is 5.32 Å². The molecule has 0 saturated heterocycles. The summed E-state index contributed by atoms with van der Waals surface area (Å²) in [6, 6.07) is 2.58. The fourth-order valence-corrected chi connectivity index (χ4v) is 4.29. The van der Waals surface area contributed by atoms with Gasteiger partial charge in [-0.1, -0.05) is 33.6 Å². The zero-order valence-electron chi connectivity index (χ0n) is 13.1. The lowest BCUT2D eigenvalue weighted by Gasteiger charge is -2.26. The number of hydrogen-bond donors (Lipinski definition) is 1. The molecular weight excluding hydrogens is 268 g/mol. The topological polar surface area (TPSA) is 52.9 Å². The molecule has 1 saturated carbocycles. The van der Waals surface area contributed by atoms with Crippen LogP contribution in [0.1, 0.15) is 65.7 Å². The van der Waals surface area contributed by atoms with Gasteiger partial charge >= 0.3 is 0 Å². The molecule has 3 nitrogen and oxygen atoms in total. The van der Waals surface area contributed by atoms with Gasteiger partial charge in [0.15, 0.2) is 0 Å². The molecule has 0 aromatic heterocycles. The zero-order valence-corrected chi connectivity index (χ0v) is 13.9. The van der Waals surface area contributed by atoms with Gasteiger partial charge in [0.1, 0.15) is 5.41 Å². The van der Waals surface area contributed by atoms with E-state index in [1.165, 1.54) is 6.42 Å². The van der Waals surface area contributed by atoms with Gasteiger partial charge in [-0.05, 0) is 37.9 Å². The van der Waals surface area contributed by atoms with Gasteiger partial charge in [-0.15, -0.1) is 0 Å². The van der Waals surface area contributed by atoms with Gasteiger partial charge in [-0.2, -0.15) is 17.0 Å². The Hall–Kier alpha value is -0.690. The van der Waals surface area contributed by atoms with Crippen LogP contribution in [0, 0.1) is 16.7 Å². The van der Waals surface area contributed by atoms with E-state index in [9.17, 15) is 10.1 Å². The molecular formula is C16H28N2OS. The molecule has 20 heavy (non-hydrogen) atoms. The largest absolute Gasteiger partial charge is 0.352 e. The smallest absolute Gasteiger partial charge is 0.240 e. The SMILES string of the molecule is CCCC(C#N)(CCC)C(=O)NC1CCC(SCC)C1. The van der Waals surface area contributed by atoms with Crippen LogP contribution in [0.5, 0.6) is 0 Å². The first-order valence-corrected chi connectivity index (χ1v) is 9.00. The number of rotatable bonds is 8. The average molecular weight is 296 g/mol. The van der Waals surface area contributed by atoms with Gasteiger partial charge in [-0.25, -0.2) is 0 Å². The van der Waals surface area contributed by atoms with Crippen LogP contribution in [0.25, 0.3) is 0 Å². The molecule has 2 unspecified atom stereocenters. The molecule has 1 aliphatic carbocycles. The molecule has 1 N–H and O–H groups in total. The highest BCUT2D eigenvalue weighted by Crippen LogP contribution is 2.33. The third kappa shape index (κ3) is 4.41. The Labute approximate surface area is 127 Å². The van der Waals surface area contributed by atoms with Crippen LogP contribution < -0.4 is 5.32 Å². The molecule has 1 rings (SSSR count). The Morgan fingerprint density at radius 2 is 1.95 bits per heavy atom. The minimum atomic E-state index is -0.806. The van der Waals surface area contributed by atoms with Crippen LogP contribution >= 0.6 is 11.8 Å². The van der Waals surface area contributed by atoms with Crippen LogP contribution in [0.15, 0.2) is 0 Å². The molecule has 114 valence electrons. The van der Waals surface area contributed by atoms with E-state index in [-0.39, 0.29) is 11.9 Å². The number of hydrogen-bond acceptors (Lipinski definition) is 3. The van der Waals surface area contributed by atoms with E-state index in [4.69, 9.17) is 0 Å². The van der Waals surface area contributed by atoms with Gasteiger partial charge in [0.05, 0.1) is 6.07 Å². The standard InChI is InChI=1S/C16H28N2OS/c1-4-9-16(12-17,10-5-2)15(19)18-13-7-8-14(11-13)20-6-3/h13-14H,4-11H2,1-3H3,(H,18,19). The summed E-state index contributed by atoms with van der Waals surface area (Å²) in [6.45, 7) is 6.26. The Bertz CT molecular complexity index is 345. The Morgan fingerprint density at radius 1 is 1.30 bits per heavy atom. The van der Waals surface area contributed by atoms with Crippen molar-refractivity contribution in [2.75, 3.05) is 5.75 Å². The number of nitrogens with zero attached hydrogens (tertiary/aromatic N) is 1. The van der Waals surface area contributed by atoms with Gasteiger partial charge < -0.3 is 5.32 Å². The van der Waals surface area contributed by atoms with Crippen LogP contribution in [-0.2, 0) is 4.79 Å². The summed E-state index contributed by atoms with van der Waals surface area (Å²) in [5.41, 5.74) is -0.806. The van der Waals surface area contributed by atoms with E-state index in [1.807, 2.05) is 25.6 Å². The van der Waals surface area contributed by atoms with Crippen molar-refractivity contribution >= 4 is 17.7 Å². The van der Waals surface area contributed by atoms with Crippen molar-refractivity contribution in [2.24, 2.45) is 5.41 Å². The predicted octanol–water partition coefficient (Wildman–Crippen LogP) is 3.89. The van der Waals surface area contributed by atoms with Gasteiger partial charge in [0.25, 0.3) is 0 Å². The van der Waals surface area contributed by atoms with Crippen molar-refractivity contribution in [3.63, 3.8) is 0 Å². The molecule has 0 aromatic rings. The van der Waals surface area contributed by atoms with E-state index in [1.54, 1.807) is 0 Å². The highest BCUT2D eigenvalue weighted by atomic mass is 32.2. The second kappa shape index (κ2) is 8.56. The number of nitrogens with one attached hydrogen (secondary N) is 1. The summed E-state index contributed by atoms with van der Waals surface area (Å²) in [4.78, 5) is 12.6. The van der Waals surface area contributed by atoms with Crippen molar-refractivity contribution in [1.29, 1.82) is 5.26 Å². The van der Waals surface area contributed by atoms with Crippen LogP contribution in [-0.4, -0.2) is 23.0 Å². The van der Waals surface area contributed by atoms with E-state index in [2.05, 4.69) is 18.3 Å². The fraction of sp³-hybridized carbons (Fsp3) is 0.875. The maximum Gasteiger partial charge on any atom is 0.240 e. The summed E-state index contributed by atoms with van der Waals surface area (Å²) in [6.07, 6.45) is 6.39. The first-order chi connectivity index (χ1) is 9.61. The number of thioether (sulfide) groups is 1. The fourth-order valence-electron chi connectivity index (χ4n) is 3.15. The van der Waals surface area contributed by atoms with Crippen molar-refractivity contribution < 1.29 is 4.79 Å². The van der Waals surface area contributed by atoms with Crippen molar-refractivity contribution in [2.45, 2.75) is 77.0 Å². The minimum Gasteiger partial charge on any atom is -0.352 e. The molecule has 0 aliphatic heterocycles. The monoisotopic (exact) mass is 296 g/mol. The van der Waals surface area contributed by atoms with Crippen molar-refractivity contribution in [3.05, 3.63) is 0 Å². The molecule has 1 amide bonds. The lowest BCUT2D eigenvalue weighted by molar-refractivity contribution is -0.129. The van der Waals surface area contributed by atoms with Crippen LogP contribution in [0.3, 0.4) is 0 Å². The first-order valence-electron chi connectivity index (χ1n) is 7.95. The Balaban J connectivity index is 2.61. The third-order valence-corrected chi connectivity index (χ3v) is 5.36. The maximum absolute atomic E-state index is 12.6. The second-order valence-electron chi connectivity index (χ2n) is 5.75. The van der Waals surface area contributed by atoms with Gasteiger partial charge in [-0.3, -0.25) is 4.79 Å². The first kappa shape index (κ1) is 17.4. The highest BCUT2D eigenvalue weighted by molar-refractivity contribution is 7.99. The second-order valence-corrected chi connectivity index (χ2v) is 7.33. The lowest BCUT2D eigenvalue weighted by atomic mass is 9.79. The van der Waals surface area contributed by atoms with Crippen LogP contribution in [0.4, 0.5) is 0 Å². The molecule has 2 atom stereocenters. The number of carbonyl (C=O) groups is 1. The summed E-state index contributed by atoms with van der Waals surface area (Å²) in [7, 11) is 0. The number of nitriles is 1. The Morgan fingerprint density at radius 3 is 2.45 bits per heavy atom. The van der Waals surface area contributed by atoms with E-state index in [0.29, 0.717) is 18.1 Å². The molecule has 0 bridgehead atoms. The van der Waals surface area contributed by atoms with Gasteiger partial charge in [0.2, 0.25) is 5.91 Å². The van der Waals surface area contributed by atoms with Gasteiger partial charge in [0, 0.05) is 11.3 Å². The van der Waals surface area contributed by atoms with Crippen LogP contribution in [0.2, 0.25) is 0 Å². The molecule has 4 heteroatoms. The third-order valence-electron chi connectivity index (χ3n) is 4.12. The number of amides is 1. The van der Waals surface area contributed by atoms with E-state index in [0.717, 1.165) is 31.4 Å². The summed E-state index contributed by atoms with van der Waals surface area (Å²) < 4.78 is 0. The van der Waals surface area contributed by atoms with E-state index < -0.39 is 5.41 Å². The minimum absolute atomic E-state index is 0.0316. The molecule has 0 heterocycles. The highest BCUT2D eigenvalue weighted by Gasteiger charge is 2.38. The summed E-state index contributed by atoms with van der Waals surface area (Å²) in [5.74, 6) is 1.11. The van der Waals surface area contributed by atoms with Crippen molar-refractivity contribution in [3.8, 4) is 6.07 Å². The summed E-state index contributed by atoms with van der Waals surface area (Å²) >= 11 is 1.99. The summed E-state index contributed by atoms with van der Waals surface area (Å²) in [5, 5.41) is 13.3. The lowest BCUT2D eigenvalue weighted by Crippen LogP contribution is -2.44. The average Bonchev–Trinajstić information content (AvgIpc) is 2.86.